The van der Waals surface area contributed by atoms with Crippen LogP contribution in [-0.2, 0) is 16.0 Å². The molecule has 0 saturated carbocycles. The molecule has 1 N–H and O–H groups in total. The molecule has 0 heterocycles. The molecule has 1 amide bonds. The van der Waals surface area contributed by atoms with E-state index in [9.17, 15) is 4.79 Å². The number of aryl methyl sites for hydroxylation is 1. The molecule has 1 atom stereocenters. The molecule has 0 spiro atoms. The summed E-state index contributed by atoms with van der Waals surface area (Å²) in [5, 5.41) is 3.09. The molecule has 2 aromatic carbocycles. The van der Waals surface area contributed by atoms with E-state index < -0.39 is 0 Å². The van der Waals surface area contributed by atoms with Gasteiger partial charge in [0.05, 0.1) is 11.8 Å². The maximum atomic E-state index is 12.2. The average Bonchev–Trinajstić information content (AvgIpc) is 2.54. The minimum atomic E-state index is 0.0288. The van der Waals surface area contributed by atoms with Crippen molar-refractivity contribution in [3.63, 3.8) is 0 Å². The van der Waals surface area contributed by atoms with Crippen LogP contribution in [0.4, 0.5) is 0 Å². The zero-order chi connectivity index (χ0) is 18.4. The molecule has 1 unspecified atom stereocenters. The van der Waals surface area contributed by atoms with Crippen molar-refractivity contribution < 1.29 is 4.79 Å². The van der Waals surface area contributed by atoms with Gasteiger partial charge in [0.1, 0.15) is 0 Å². The predicted octanol–water partition coefficient (Wildman–Crippen LogP) is 5.40. The summed E-state index contributed by atoms with van der Waals surface area (Å²) >= 11 is 1.65. The third-order valence-corrected chi connectivity index (χ3v) is 5.24. The van der Waals surface area contributed by atoms with Crippen molar-refractivity contribution in [1.82, 2.24) is 5.32 Å². The average molecular weight is 356 g/mol. The second-order valence-electron chi connectivity index (χ2n) is 7.64. The zero-order valence-corrected chi connectivity index (χ0v) is 16.7. The quantitative estimate of drug-likeness (QED) is 0.751. The first kappa shape index (κ1) is 19.6. The molecule has 134 valence electrons. The van der Waals surface area contributed by atoms with Crippen LogP contribution in [0.25, 0.3) is 0 Å². The third-order valence-electron chi connectivity index (χ3n) is 4.24. The number of amides is 1. The number of carbonyl (C=O) groups excluding carboxylic acids is 1. The normalized spacial score (nSPS) is 12.7. The minimum absolute atomic E-state index is 0.0288. The number of hydrogen-bond acceptors (Lipinski definition) is 2. The number of benzene rings is 2. The fraction of sp³-hybridized carbons (Fsp3) is 0.409. The Bertz CT molecular complexity index is 701. The van der Waals surface area contributed by atoms with E-state index in [1.54, 1.807) is 11.8 Å². The standard InChI is InChI=1S/C22H29NOS/c1-16-7-6-8-18(13-16)14-25-15-21(24)23-17(2)19-9-11-20(12-10-19)22(3,4)5/h6-13,17H,14-15H2,1-5H3,(H,23,24). The highest BCUT2D eigenvalue weighted by Crippen LogP contribution is 2.24. The molecular formula is C22H29NOS. The number of rotatable bonds is 6. The van der Waals surface area contributed by atoms with Crippen LogP contribution in [0.15, 0.2) is 48.5 Å². The van der Waals surface area contributed by atoms with E-state index in [1.807, 2.05) is 6.92 Å². The Labute approximate surface area is 156 Å². The first-order chi connectivity index (χ1) is 11.8. The summed E-state index contributed by atoms with van der Waals surface area (Å²) in [5.74, 6) is 1.44. The Balaban J connectivity index is 1.81. The van der Waals surface area contributed by atoms with Crippen molar-refractivity contribution in [3.8, 4) is 0 Å². The van der Waals surface area contributed by atoms with Gasteiger partial charge in [-0.3, -0.25) is 4.79 Å². The Kier molecular flexibility index (Phi) is 6.71. The third kappa shape index (κ3) is 6.24. The van der Waals surface area contributed by atoms with Crippen molar-refractivity contribution in [2.24, 2.45) is 0 Å². The Morgan fingerprint density at radius 1 is 1.12 bits per heavy atom. The summed E-state index contributed by atoms with van der Waals surface area (Å²) < 4.78 is 0. The summed E-state index contributed by atoms with van der Waals surface area (Å²) in [7, 11) is 0. The lowest BCUT2D eigenvalue weighted by atomic mass is 9.86. The van der Waals surface area contributed by atoms with Crippen LogP contribution in [0.1, 0.15) is 56.0 Å². The summed E-state index contributed by atoms with van der Waals surface area (Å²) in [6.07, 6.45) is 0. The van der Waals surface area contributed by atoms with Crippen LogP contribution in [0.3, 0.4) is 0 Å². The Morgan fingerprint density at radius 3 is 2.40 bits per heavy atom. The second-order valence-corrected chi connectivity index (χ2v) is 8.63. The van der Waals surface area contributed by atoms with Crippen LogP contribution in [-0.4, -0.2) is 11.7 Å². The van der Waals surface area contributed by atoms with Crippen LogP contribution in [0, 0.1) is 6.92 Å². The van der Waals surface area contributed by atoms with Gasteiger partial charge in [-0.1, -0.05) is 74.9 Å². The van der Waals surface area contributed by atoms with E-state index in [-0.39, 0.29) is 17.4 Å². The zero-order valence-electron chi connectivity index (χ0n) is 15.9. The molecule has 0 aromatic heterocycles. The van der Waals surface area contributed by atoms with E-state index in [0.29, 0.717) is 5.75 Å². The number of nitrogens with one attached hydrogen (secondary N) is 1. The van der Waals surface area contributed by atoms with E-state index >= 15 is 0 Å². The maximum absolute atomic E-state index is 12.2. The molecule has 2 rings (SSSR count). The molecule has 3 heteroatoms. The largest absolute Gasteiger partial charge is 0.349 e. The van der Waals surface area contributed by atoms with Crippen molar-refractivity contribution in [2.45, 2.75) is 51.8 Å². The summed E-state index contributed by atoms with van der Waals surface area (Å²) in [6.45, 7) is 10.7. The van der Waals surface area contributed by atoms with Crippen LogP contribution in [0.5, 0.6) is 0 Å². The van der Waals surface area contributed by atoms with Crippen molar-refractivity contribution in [1.29, 1.82) is 0 Å². The van der Waals surface area contributed by atoms with Crippen molar-refractivity contribution in [3.05, 3.63) is 70.8 Å². The number of thioether (sulfide) groups is 1. The first-order valence-corrected chi connectivity index (χ1v) is 9.94. The van der Waals surface area contributed by atoms with Gasteiger partial charge in [-0.15, -0.1) is 11.8 Å². The summed E-state index contributed by atoms with van der Waals surface area (Å²) in [6, 6.07) is 17.0. The molecule has 0 aliphatic rings. The second kappa shape index (κ2) is 8.57. The summed E-state index contributed by atoms with van der Waals surface area (Å²) in [4.78, 5) is 12.2. The van der Waals surface area contributed by atoms with Gasteiger partial charge in [0.25, 0.3) is 0 Å². The monoisotopic (exact) mass is 355 g/mol. The molecule has 0 bridgehead atoms. The van der Waals surface area contributed by atoms with Gasteiger partial charge >= 0.3 is 0 Å². The first-order valence-electron chi connectivity index (χ1n) is 8.79. The summed E-state index contributed by atoms with van der Waals surface area (Å²) in [5.41, 5.74) is 5.13. The van der Waals surface area contributed by atoms with Gasteiger partial charge in [0.15, 0.2) is 0 Å². The Hall–Kier alpha value is -1.74. The molecular weight excluding hydrogens is 326 g/mol. The lowest BCUT2D eigenvalue weighted by Gasteiger charge is -2.20. The van der Waals surface area contributed by atoms with E-state index in [1.165, 1.54) is 16.7 Å². The molecule has 0 radical (unpaired) electrons. The molecule has 0 saturated heterocycles. The lowest BCUT2D eigenvalue weighted by Crippen LogP contribution is -2.28. The van der Waals surface area contributed by atoms with Gasteiger partial charge < -0.3 is 5.32 Å². The predicted molar refractivity (Wildman–Crippen MR) is 109 cm³/mol. The Morgan fingerprint density at radius 2 is 1.80 bits per heavy atom. The highest BCUT2D eigenvalue weighted by atomic mass is 32.2. The number of hydrogen-bond donors (Lipinski definition) is 1. The fourth-order valence-electron chi connectivity index (χ4n) is 2.70. The molecule has 25 heavy (non-hydrogen) atoms. The SMILES string of the molecule is Cc1cccc(CSCC(=O)NC(C)c2ccc(C(C)(C)C)cc2)c1. The molecule has 0 fully saturated rings. The van der Waals surface area contributed by atoms with Gasteiger partial charge in [0, 0.05) is 5.75 Å². The molecule has 2 aromatic rings. The molecule has 0 aliphatic carbocycles. The van der Waals surface area contributed by atoms with Gasteiger partial charge in [-0.2, -0.15) is 0 Å². The van der Waals surface area contributed by atoms with Crippen LogP contribution >= 0.6 is 11.8 Å². The van der Waals surface area contributed by atoms with Gasteiger partial charge in [0.2, 0.25) is 5.91 Å². The van der Waals surface area contributed by atoms with Gasteiger partial charge in [-0.05, 0) is 36.0 Å². The van der Waals surface area contributed by atoms with Gasteiger partial charge in [-0.25, -0.2) is 0 Å². The van der Waals surface area contributed by atoms with E-state index in [2.05, 4.69) is 81.5 Å². The highest BCUT2D eigenvalue weighted by molar-refractivity contribution is 7.99. The van der Waals surface area contributed by atoms with Crippen LogP contribution < -0.4 is 5.32 Å². The molecule has 2 nitrogen and oxygen atoms in total. The fourth-order valence-corrected chi connectivity index (χ4v) is 3.49. The maximum Gasteiger partial charge on any atom is 0.230 e. The van der Waals surface area contributed by atoms with E-state index in [4.69, 9.17) is 0 Å². The minimum Gasteiger partial charge on any atom is -0.349 e. The highest BCUT2D eigenvalue weighted by Gasteiger charge is 2.15. The smallest absolute Gasteiger partial charge is 0.230 e. The van der Waals surface area contributed by atoms with Crippen molar-refractivity contribution >= 4 is 17.7 Å². The van der Waals surface area contributed by atoms with Crippen LogP contribution in [0.2, 0.25) is 0 Å². The van der Waals surface area contributed by atoms with E-state index in [0.717, 1.165) is 11.3 Å². The van der Waals surface area contributed by atoms with Crippen molar-refractivity contribution in [2.75, 3.05) is 5.75 Å². The topological polar surface area (TPSA) is 29.1 Å². The lowest BCUT2D eigenvalue weighted by molar-refractivity contribution is -0.119. The number of carbonyl (C=O) groups is 1. The molecule has 0 aliphatic heterocycles.